The zero-order chi connectivity index (χ0) is 20.1. The minimum absolute atomic E-state index is 0.0513. The molecular formula is C22H24N3O2S. The van der Waals surface area contributed by atoms with Crippen LogP contribution in [0, 0.1) is 13.0 Å². The molecule has 0 unspecified atom stereocenters. The molecule has 1 aliphatic rings. The van der Waals surface area contributed by atoms with E-state index in [1.807, 2.05) is 49.4 Å². The van der Waals surface area contributed by atoms with E-state index in [4.69, 9.17) is 0 Å². The van der Waals surface area contributed by atoms with Crippen LogP contribution in [-0.2, 0) is 11.2 Å². The zero-order valence-corrected chi connectivity index (χ0v) is 17.2. The number of benzene rings is 2. The summed E-state index contributed by atoms with van der Waals surface area (Å²) in [5, 5.41) is 3.24. The molecule has 1 heterocycles. The van der Waals surface area contributed by atoms with Gasteiger partial charge in [0.2, 0.25) is 5.91 Å². The van der Waals surface area contributed by atoms with Gasteiger partial charge in [-0.1, -0.05) is 62.0 Å². The third-order valence-electron chi connectivity index (χ3n) is 4.49. The maximum atomic E-state index is 12.5. The Kier molecular flexibility index (Phi) is 6.52. The van der Waals surface area contributed by atoms with Crippen molar-refractivity contribution in [3.8, 4) is 0 Å². The summed E-state index contributed by atoms with van der Waals surface area (Å²) in [6, 6.07) is 16.3. The molecule has 145 valence electrons. The fourth-order valence-corrected chi connectivity index (χ4v) is 3.90. The number of amides is 3. The average Bonchev–Trinajstić information content (AvgIpc) is 3.02. The summed E-state index contributed by atoms with van der Waals surface area (Å²) in [7, 11) is 0. The molecule has 1 N–H and O–H groups in total. The van der Waals surface area contributed by atoms with E-state index < -0.39 is 6.03 Å². The third kappa shape index (κ3) is 4.81. The standard InChI is InChI=1S/C22H24N3O2S/c1-15(2)18-10-9-16(3)13-19(18)25-20(26)14-28-22(25)24-21(27)23-12-11-17-7-5-4-6-8-17/h5-10,13,15H,11-12,14H2,1-3H3,(H,23,27)/b24-22-. The van der Waals surface area contributed by atoms with Crippen molar-refractivity contribution in [1.29, 1.82) is 0 Å². The Morgan fingerprint density at radius 3 is 2.75 bits per heavy atom. The lowest BCUT2D eigenvalue weighted by Crippen LogP contribution is -2.32. The molecule has 0 aromatic heterocycles. The van der Waals surface area contributed by atoms with E-state index in [0.29, 0.717) is 11.7 Å². The Hall–Kier alpha value is -2.60. The molecule has 28 heavy (non-hydrogen) atoms. The largest absolute Gasteiger partial charge is 0.343 e. The van der Waals surface area contributed by atoms with E-state index in [0.717, 1.165) is 28.8 Å². The number of hydrogen-bond donors (Lipinski definition) is 1. The zero-order valence-electron chi connectivity index (χ0n) is 16.4. The molecule has 0 atom stereocenters. The van der Waals surface area contributed by atoms with Crippen molar-refractivity contribution in [2.75, 3.05) is 17.2 Å². The van der Waals surface area contributed by atoms with Crippen molar-refractivity contribution in [3.05, 3.63) is 65.2 Å². The van der Waals surface area contributed by atoms with Crippen LogP contribution < -0.4 is 10.2 Å². The van der Waals surface area contributed by atoms with Crippen molar-refractivity contribution in [2.24, 2.45) is 4.99 Å². The van der Waals surface area contributed by atoms with Crippen LogP contribution in [0.3, 0.4) is 0 Å². The van der Waals surface area contributed by atoms with Gasteiger partial charge in [-0.05, 0) is 48.1 Å². The van der Waals surface area contributed by atoms with Gasteiger partial charge < -0.3 is 5.32 Å². The van der Waals surface area contributed by atoms with E-state index in [9.17, 15) is 9.59 Å². The van der Waals surface area contributed by atoms with Gasteiger partial charge in [0.1, 0.15) is 0 Å². The van der Waals surface area contributed by atoms with Gasteiger partial charge >= 0.3 is 6.03 Å². The minimum Gasteiger partial charge on any atom is -0.336 e. The topological polar surface area (TPSA) is 61.8 Å². The Balaban J connectivity index is 1.75. The highest BCUT2D eigenvalue weighted by atomic mass is 32.2. The van der Waals surface area contributed by atoms with Gasteiger partial charge in [0.05, 0.1) is 11.4 Å². The number of urea groups is 1. The van der Waals surface area contributed by atoms with Gasteiger partial charge in [-0.2, -0.15) is 4.99 Å². The Labute approximate surface area is 170 Å². The molecule has 2 aromatic rings. The van der Waals surface area contributed by atoms with Crippen LogP contribution in [0.5, 0.6) is 0 Å². The van der Waals surface area contributed by atoms with Crippen LogP contribution in [0.1, 0.15) is 36.5 Å². The number of carbonyl (C=O) groups is 2. The molecule has 0 spiro atoms. The molecule has 0 bridgehead atoms. The van der Waals surface area contributed by atoms with Crippen LogP contribution in [0.2, 0.25) is 0 Å². The van der Waals surface area contributed by atoms with Crippen LogP contribution >= 0.6 is 11.8 Å². The number of aryl methyl sites for hydroxylation is 1. The normalized spacial score (nSPS) is 15.5. The molecule has 1 radical (unpaired) electrons. The predicted molar refractivity (Wildman–Crippen MR) is 115 cm³/mol. The number of amidine groups is 1. The molecule has 6 heteroatoms. The van der Waals surface area contributed by atoms with Gasteiger partial charge in [0.25, 0.3) is 0 Å². The SMILES string of the molecule is Cc1ccc(C(C)C)c(N2C(=O)CS/C2=N\C(=O)NCCc2cc[c]cc2)c1. The monoisotopic (exact) mass is 394 g/mol. The third-order valence-corrected chi connectivity index (χ3v) is 5.41. The first-order valence-corrected chi connectivity index (χ1v) is 10.3. The van der Waals surface area contributed by atoms with Crippen molar-refractivity contribution in [2.45, 2.75) is 33.1 Å². The number of nitrogens with zero attached hydrogens (tertiary/aromatic N) is 2. The van der Waals surface area contributed by atoms with Crippen LogP contribution in [0.4, 0.5) is 10.5 Å². The van der Waals surface area contributed by atoms with E-state index >= 15 is 0 Å². The number of hydrogen-bond acceptors (Lipinski definition) is 3. The fraction of sp³-hybridized carbons (Fsp3) is 0.318. The highest BCUT2D eigenvalue weighted by Gasteiger charge is 2.32. The lowest BCUT2D eigenvalue weighted by Gasteiger charge is -2.22. The second-order valence-electron chi connectivity index (χ2n) is 7.02. The van der Waals surface area contributed by atoms with Crippen LogP contribution in [0.25, 0.3) is 0 Å². The number of nitrogens with one attached hydrogen (secondary N) is 1. The first kappa shape index (κ1) is 20.1. The number of anilines is 1. The maximum Gasteiger partial charge on any atom is 0.343 e. The van der Waals surface area contributed by atoms with Gasteiger partial charge in [-0.25, -0.2) is 4.79 Å². The summed E-state index contributed by atoms with van der Waals surface area (Å²) in [5.41, 5.74) is 4.07. The minimum atomic E-state index is -0.427. The first-order chi connectivity index (χ1) is 13.5. The lowest BCUT2D eigenvalue weighted by atomic mass is 9.99. The lowest BCUT2D eigenvalue weighted by molar-refractivity contribution is -0.115. The van der Waals surface area contributed by atoms with Crippen LogP contribution in [-0.4, -0.2) is 29.4 Å². The van der Waals surface area contributed by atoms with Gasteiger partial charge in [0, 0.05) is 6.54 Å². The summed E-state index contributed by atoms with van der Waals surface area (Å²) in [6.45, 7) is 6.66. The number of aliphatic imine (C=N–C) groups is 1. The van der Waals surface area contributed by atoms with E-state index in [-0.39, 0.29) is 17.6 Å². The second kappa shape index (κ2) is 9.06. The molecule has 3 rings (SSSR count). The van der Waals surface area contributed by atoms with E-state index in [1.54, 1.807) is 4.90 Å². The van der Waals surface area contributed by atoms with Gasteiger partial charge in [-0.3, -0.25) is 9.69 Å². The highest BCUT2D eigenvalue weighted by molar-refractivity contribution is 8.15. The summed E-state index contributed by atoms with van der Waals surface area (Å²) in [5.74, 6) is 0.495. The predicted octanol–water partition coefficient (Wildman–Crippen LogP) is 4.31. The van der Waals surface area contributed by atoms with E-state index in [2.05, 4.69) is 30.2 Å². The van der Waals surface area contributed by atoms with Crippen molar-refractivity contribution < 1.29 is 9.59 Å². The molecule has 1 saturated heterocycles. The van der Waals surface area contributed by atoms with Gasteiger partial charge in [-0.15, -0.1) is 0 Å². The first-order valence-electron chi connectivity index (χ1n) is 9.33. The molecule has 5 nitrogen and oxygen atoms in total. The summed E-state index contributed by atoms with van der Waals surface area (Å²) >= 11 is 1.30. The van der Waals surface area contributed by atoms with Crippen molar-refractivity contribution in [1.82, 2.24) is 5.32 Å². The molecule has 2 aromatic carbocycles. The molecule has 1 fully saturated rings. The Morgan fingerprint density at radius 2 is 2.04 bits per heavy atom. The molecule has 0 saturated carbocycles. The number of carbonyl (C=O) groups excluding carboxylic acids is 2. The fourth-order valence-electron chi connectivity index (χ4n) is 3.05. The Bertz CT molecular complexity index is 894. The number of rotatable bonds is 5. The Morgan fingerprint density at radius 1 is 1.29 bits per heavy atom. The van der Waals surface area contributed by atoms with Crippen molar-refractivity contribution >= 4 is 34.6 Å². The quantitative estimate of drug-likeness (QED) is 0.822. The highest BCUT2D eigenvalue weighted by Crippen LogP contribution is 2.34. The molecule has 0 aliphatic carbocycles. The number of thioether (sulfide) groups is 1. The maximum absolute atomic E-state index is 12.5. The van der Waals surface area contributed by atoms with Crippen LogP contribution in [0.15, 0.2) is 47.5 Å². The molecular weight excluding hydrogens is 370 g/mol. The smallest absolute Gasteiger partial charge is 0.336 e. The van der Waals surface area contributed by atoms with Crippen molar-refractivity contribution in [3.63, 3.8) is 0 Å². The van der Waals surface area contributed by atoms with Gasteiger partial charge in [0.15, 0.2) is 5.17 Å². The molecule has 3 amide bonds. The summed E-state index contributed by atoms with van der Waals surface area (Å²) in [6.07, 6.45) is 0.719. The average molecular weight is 395 g/mol. The summed E-state index contributed by atoms with van der Waals surface area (Å²) in [4.78, 5) is 30.6. The van der Waals surface area contributed by atoms with E-state index in [1.165, 1.54) is 11.8 Å². The summed E-state index contributed by atoms with van der Waals surface area (Å²) < 4.78 is 0. The second-order valence-corrected chi connectivity index (χ2v) is 7.96. The molecule has 1 aliphatic heterocycles.